The van der Waals surface area contributed by atoms with Gasteiger partial charge in [-0.25, -0.2) is 14.6 Å². The molecule has 0 saturated carbocycles. The number of esters is 1. The van der Waals surface area contributed by atoms with Gasteiger partial charge in [-0.15, -0.1) is 0 Å². The van der Waals surface area contributed by atoms with Crippen LogP contribution in [0.5, 0.6) is 0 Å². The number of carbonyl (C=O) groups is 3. The highest BCUT2D eigenvalue weighted by Gasteiger charge is 2.22. The minimum Gasteiger partial charge on any atom is -0.469 e. The summed E-state index contributed by atoms with van der Waals surface area (Å²) in [7, 11) is 2.93. The average Bonchev–Trinajstić information content (AvgIpc) is 2.89. The van der Waals surface area contributed by atoms with Gasteiger partial charge in [0.1, 0.15) is 12.4 Å². The second kappa shape index (κ2) is 13.3. The molecule has 1 aromatic heterocycles. The molecular weight excluding hydrogens is 484 g/mol. The van der Waals surface area contributed by atoms with E-state index < -0.39 is 12.1 Å². The number of ether oxygens (including phenoxy) is 2. The second-order valence-corrected chi connectivity index (χ2v) is 8.53. The summed E-state index contributed by atoms with van der Waals surface area (Å²) in [5.74, 6) is 0.00685. The Hall–Kier alpha value is -3.85. The quantitative estimate of drug-likeness (QED) is 0.370. The molecule has 0 fully saturated rings. The van der Waals surface area contributed by atoms with E-state index in [0.29, 0.717) is 23.7 Å². The molecule has 9 nitrogen and oxygen atoms in total. The number of nitrogens with zero attached hydrogens (tertiary/aromatic N) is 2. The summed E-state index contributed by atoms with van der Waals surface area (Å²) in [5, 5.41) is 7.87. The van der Waals surface area contributed by atoms with Gasteiger partial charge in [0.05, 0.1) is 13.2 Å². The van der Waals surface area contributed by atoms with Gasteiger partial charge in [-0.3, -0.25) is 10.1 Å². The molecule has 0 unspecified atom stereocenters. The number of urea groups is 1. The van der Waals surface area contributed by atoms with Gasteiger partial charge in [-0.1, -0.05) is 54.1 Å². The van der Waals surface area contributed by atoms with Gasteiger partial charge in [-0.05, 0) is 35.9 Å². The lowest BCUT2D eigenvalue weighted by atomic mass is 10.1. The molecule has 36 heavy (non-hydrogen) atoms. The van der Waals surface area contributed by atoms with Gasteiger partial charge in [0, 0.05) is 36.6 Å². The molecule has 2 N–H and O–H groups in total. The van der Waals surface area contributed by atoms with Crippen molar-refractivity contribution in [1.29, 1.82) is 0 Å². The summed E-state index contributed by atoms with van der Waals surface area (Å²) < 4.78 is 10.1. The van der Waals surface area contributed by atoms with Crippen molar-refractivity contribution in [2.24, 2.45) is 0 Å². The Morgan fingerprint density at radius 1 is 1.08 bits per heavy atom. The van der Waals surface area contributed by atoms with Crippen LogP contribution >= 0.6 is 11.6 Å². The summed E-state index contributed by atoms with van der Waals surface area (Å²) in [4.78, 5) is 42.4. The van der Waals surface area contributed by atoms with E-state index in [2.05, 4.69) is 20.4 Å². The van der Waals surface area contributed by atoms with E-state index in [1.165, 1.54) is 12.0 Å². The number of amides is 3. The molecule has 3 rings (SSSR count). The van der Waals surface area contributed by atoms with Gasteiger partial charge < -0.3 is 19.7 Å². The smallest absolute Gasteiger partial charge is 0.412 e. The maximum Gasteiger partial charge on any atom is 0.412 e. The Morgan fingerprint density at radius 2 is 1.81 bits per heavy atom. The van der Waals surface area contributed by atoms with Crippen LogP contribution in [-0.2, 0) is 20.8 Å². The third kappa shape index (κ3) is 7.84. The van der Waals surface area contributed by atoms with Gasteiger partial charge in [-0.2, -0.15) is 0 Å². The predicted octanol–water partition coefficient (Wildman–Crippen LogP) is 4.99. The fraction of sp³-hybridized carbons (Fsp3) is 0.308. The number of carbonyl (C=O) groups excluding carboxylic acids is 3. The third-order valence-electron chi connectivity index (χ3n) is 5.67. The lowest BCUT2D eigenvalue weighted by molar-refractivity contribution is -0.140. The van der Waals surface area contributed by atoms with E-state index >= 15 is 0 Å². The molecule has 3 amide bonds. The predicted molar refractivity (Wildman–Crippen MR) is 138 cm³/mol. The first-order chi connectivity index (χ1) is 17.4. The van der Waals surface area contributed by atoms with Crippen LogP contribution in [-0.4, -0.2) is 54.8 Å². The maximum absolute atomic E-state index is 12.8. The monoisotopic (exact) mass is 512 g/mol. The fourth-order valence-electron chi connectivity index (χ4n) is 3.54. The van der Waals surface area contributed by atoms with Crippen molar-refractivity contribution >= 4 is 46.3 Å². The molecule has 190 valence electrons. The molecule has 0 saturated heterocycles. The first kappa shape index (κ1) is 26.7. The Morgan fingerprint density at radius 3 is 2.56 bits per heavy atom. The maximum atomic E-state index is 12.8. The number of hydrogen-bond donors (Lipinski definition) is 2. The molecular formula is C26H29ClN4O5. The summed E-state index contributed by atoms with van der Waals surface area (Å²) in [5.41, 5.74) is 0.779. The fourth-order valence-corrected chi connectivity index (χ4v) is 3.74. The largest absolute Gasteiger partial charge is 0.469 e. The molecule has 0 bridgehead atoms. The number of rotatable bonds is 10. The van der Waals surface area contributed by atoms with Crippen LogP contribution in [0.2, 0.25) is 5.02 Å². The zero-order valence-electron chi connectivity index (χ0n) is 20.2. The zero-order chi connectivity index (χ0) is 25.9. The second-order valence-electron chi connectivity index (χ2n) is 8.12. The highest BCUT2D eigenvalue weighted by Crippen LogP contribution is 2.17. The Labute approximate surface area is 214 Å². The van der Waals surface area contributed by atoms with Crippen LogP contribution in [0, 0.1) is 0 Å². The molecule has 1 heterocycles. The summed E-state index contributed by atoms with van der Waals surface area (Å²) in [6.07, 6.45) is 2.04. The van der Waals surface area contributed by atoms with Gasteiger partial charge in [0.15, 0.2) is 0 Å². The molecule has 0 aliphatic carbocycles. The van der Waals surface area contributed by atoms with Gasteiger partial charge in [0.25, 0.3) is 0 Å². The summed E-state index contributed by atoms with van der Waals surface area (Å²) in [6.45, 7) is 0.170. The molecule has 0 aliphatic rings. The zero-order valence-corrected chi connectivity index (χ0v) is 21.0. The van der Waals surface area contributed by atoms with Crippen LogP contribution in [0.4, 0.5) is 15.4 Å². The molecule has 0 aliphatic heterocycles. The SMILES string of the molecule is COC(=O)CCC[C@@H](COC(=O)Nc1cc2ccccc2cn1)N(C)C(=O)NCc1ccccc1Cl. The van der Waals surface area contributed by atoms with E-state index in [0.717, 1.165) is 16.3 Å². The van der Waals surface area contributed by atoms with Crippen molar-refractivity contribution in [1.82, 2.24) is 15.2 Å². The number of nitrogens with one attached hydrogen (secondary N) is 2. The van der Waals surface area contributed by atoms with Crippen molar-refractivity contribution in [3.05, 3.63) is 71.4 Å². The standard InChI is InChI=1S/C26H29ClN4O5/c1-31(25(33)29-16-20-10-5-6-12-22(20)27)21(11-7-13-24(32)35-2)17-36-26(34)30-23-14-18-8-3-4-9-19(18)15-28-23/h3-6,8-10,12,14-15,21H,7,11,13,16-17H2,1-2H3,(H,29,33)(H,28,30,34)/t21-/m0/s1. The van der Waals surface area contributed by atoms with Gasteiger partial charge >= 0.3 is 18.1 Å². The number of methoxy groups -OCH3 is 1. The van der Waals surface area contributed by atoms with Crippen molar-refractivity contribution in [3.63, 3.8) is 0 Å². The number of halogens is 1. The minimum absolute atomic E-state index is 0.0728. The van der Waals surface area contributed by atoms with Crippen molar-refractivity contribution < 1.29 is 23.9 Å². The lowest BCUT2D eigenvalue weighted by Crippen LogP contribution is -2.46. The summed E-state index contributed by atoms with van der Waals surface area (Å²) >= 11 is 6.17. The normalized spacial score (nSPS) is 11.4. The number of aromatic nitrogens is 1. The Kier molecular flexibility index (Phi) is 9.88. The Balaban J connectivity index is 1.58. The molecule has 1 atom stereocenters. The van der Waals surface area contributed by atoms with E-state index in [9.17, 15) is 14.4 Å². The third-order valence-corrected chi connectivity index (χ3v) is 6.04. The highest BCUT2D eigenvalue weighted by molar-refractivity contribution is 6.31. The van der Waals surface area contributed by atoms with Crippen molar-refractivity contribution in [2.75, 3.05) is 26.1 Å². The van der Waals surface area contributed by atoms with Crippen molar-refractivity contribution in [3.8, 4) is 0 Å². The number of fused-ring (bicyclic) bond motifs is 1. The first-order valence-corrected chi connectivity index (χ1v) is 11.8. The molecule has 0 radical (unpaired) electrons. The first-order valence-electron chi connectivity index (χ1n) is 11.5. The van der Waals surface area contributed by atoms with Crippen LogP contribution < -0.4 is 10.6 Å². The lowest BCUT2D eigenvalue weighted by Gasteiger charge is -2.28. The van der Waals surface area contributed by atoms with E-state index in [1.54, 1.807) is 25.4 Å². The van der Waals surface area contributed by atoms with Crippen LogP contribution in [0.15, 0.2) is 60.8 Å². The Bertz CT molecular complexity index is 1210. The van der Waals surface area contributed by atoms with E-state index in [1.807, 2.05) is 42.5 Å². The number of benzene rings is 2. The average molecular weight is 513 g/mol. The summed E-state index contributed by atoms with van der Waals surface area (Å²) in [6, 6.07) is 15.8. The number of anilines is 1. The van der Waals surface area contributed by atoms with E-state index in [-0.39, 0.29) is 31.6 Å². The van der Waals surface area contributed by atoms with Crippen molar-refractivity contribution in [2.45, 2.75) is 31.8 Å². The van der Waals surface area contributed by atoms with Crippen LogP contribution in [0.25, 0.3) is 10.8 Å². The van der Waals surface area contributed by atoms with Crippen LogP contribution in [0.1, 0.15) is 24.8 Å². The topological polar surface area (TPSA) is 110 Å². The molecule has 2 aromatic carbocycles. The highest BCUT2D eigenvalue weighted by atomic mass is 35.5. The molecule has 3 aromatic rings. The van der Waals surface area contributed by atoms with Gasteiger partial charge in [0.2, 0.25) is 0 Å². The molecule has 0 spiro atoms. The van der Waals surface area contributed by atoms with Crippen LogP contribution in [0.3, 0.4) is 0 Å². The number of likely N-dealkylation sites (N-methyl/N-ethyl adjacent to an activating group) is 1. The minimum atomic E-state index is -0.694. The number of pyridine rings is 1. The number of hydrogen-bond acceptors (Lipinski definition) is 6. The van der Waals surface area contributed by atoms with E-state index in [4.69, 9.17) is 16.3 Å². The molecule has 10 heteroatoms.